The molecule has 1 fully saturated rings. The third kappa shape index (κ3) is 4.64. The van der Waals surface area contributed by atoms with Crippen LogP contribution in [0.1, 0.15) is 29.5 Å². The normalized spacial score (nSPS) is 13.5. The van der Waals surface area contributed by atoms with Crippen molar-refractivity contribution in [3.63, 3.8) is 0 Å². The van der Waals surface area contributed by atoms with Gasteiger partial charge < -0.3 is 10.0 Å². The molecule has 1 N–H and O–H groups in total. The van der Waals surface area contributed by atoms with E-state index in [1.165, 1.54) is 30.8 Å². The van der Waals surface area contributed by atoms with Crippen LogP contribution >= 0.6 is 0 Å². The summed E-state index contributed by atoms with van der Waals surface area (Å²) in [6.07, 6.45) is 3.93. The Labute approximate surface area is 170 Å². The van der Waals surface area contributed by atoms with Crippen molar-refractivity contribution in [2.24, 2.45) is 4.99 Å². The highest BCUT2D eigenvalue weighted by Crippen LogP contribution is 2.23. The number of halogens is 1. The fourth-order valence-electron chi connectivity index (χ4n) is 3.32. The monoisotopic (exact) mass is 384 g/mol. The highest BCUT2D eigenvalue weighted by atomic mass is 19.1. The van der Waals surface area contributed by atoms with Gasteiger partial charge in [0, 0.05) is 41.7 Å². The SMILES string of the molecule is Oc1c(F)cc(C#Cc2ccc(N3CCCC3)cc2)cc1/C=N/c1ccccc1. The predicted molar refractivity (Wildman–Crippen MR) is 116 cm³/mol. The molecule has 0 amide bonds. The fraction of sp³-hybridized carbons (Fsp3) is 0.160. The number of phenols is 1. The number of benzene rings is 3. The van der Waals surface area contributed by atoms with Gasteiger partial charge in [-0.2, -0.15) is 0 Å². The van der Waals surface area contributed by atoms with Crippen molar-refractivity contribution in [1.82, 2.24) is 0 Å². The van der Waals surface area contributed by atoms with E-state index in [0.29, 0.717) is 11.1 Å². The van der Waals surface area contributed by atoms with Crippen molar-refractivity contribution in [2.45, 2.75) is 12.8 Å². The summed E-state index contributed by atoms with van der Waals surface area (Å²) in [6.45, 7) is 2.20. The van der Waals surface area contributed by atoms with Gasteiger partial charge >= 0.3 is 0 Å². The molecule has 4 rings (SSSR count). The Morgan fingerprint density at radius 3 is 2.31 bits per heavy atom. The number of aromatic hydroxyl groups is 1. The van der Waals surface area contributed by atoms with Gasteiger partial charge in [0.1, 0.15) is 0 Å². The van der Waals surface area contributed by atoms with Crippen LogP contribution in [-0.4, -0.2) is 24.4 Å². The van der Waals surface area contributed by atoms with Crippen molar-refractivity contribution >= 4 is 17.6 Å². The Balaban J connectivity index is 1.55. The minimum absolute atomic E-state index is 0.294. The van der Waals surface area contributed by atoms with E-state index in [4.69, 9.17) is 0 Å². The van der Waals surface area contributed by atoms with Crippen molar-refractivity contribution in [1.29, 1.82) is 0 Å². The average Bonchev–Trinajstić information content (AvgIpc) is 3.29. The molecule has 1 aliphatic heterocycles. The van der Waals surface area contributed by atoms with Crippen LogP contribution in [0.5, 0.6) is 5.75 Å². The van der Waals surface area contributed by atoms with Gasteiger partial charge in [0.2, 0.25) is 0 Å². The van der Waals surface area contributed by atoms with E-state index in [0.717, 1.165) is 24.3 Å². The molecular weight excluding hydrogens is 363 g/mol. The Bertz CT molecular complexity index is 1070. The molecule has 0 saturated carbocycles. The lowest BCUT2D eigenvalue weighted by Gasteiger charge is -2.17. The number of nitrogens with zero attached hydrogens (tertiary/aromatic N) is 2. The molecule has 0 atom stereocenters. The Morgan fingerprint density at radius 1 is 0.897 bits per heavy atom. The third-order valence-electron chi connectivity index (χ3n) is 4.89. The molecule has 29 heavy (non-hydrogen) atoms. The molecule has 0 bridgehead atoms. The summed E-state index contributed by atoms with van der Waals surface area (Å²) in [5.41, 5.74) is 3.58. The van der Waals surface area contributed by atoms with Crippen molar-refractivity contribution in [3.8, 4) is 17.6 Å². The third-order valence-corrected chi connectivity index (χ3v) is 4.89. The highest BCUT2D eigenvalue weighted by molar-refractivity contribution is 5.86. The summed E-state index contributed by atoms with van der Waals surface area (Å²) in [4.78, 5) is 6.65. The number of anilines is 1. The van der Waals surface area contributed by atoms with E-state index in [-0.39, 0.29) is 0 Å². The quantitative estimate of drug-likeness (QED) is 0.492. The second-order valence-electron chi connectivity index (χ2n) is 6.98. The Kier molecular flexibility index (Phi) is 5.58. The molecule has 1 saturated heterocycles. The zero-order valence-electron chi connectivity index (χ0n) is 16.0. The molecule has 0 aliphatic carbocycles. The molecule has 0 aromatic heterocycles. The molecule has 144 valence electrons. The molecule has 3 aromatic carbocycles. The number of aliphatic imine (C=N–C) groups is 1. The number of phenolic OH excluding ortho intramolecular Hbond substituents is 1. The van der Waals surface area contributed by atoms with Crippen molar-refractivity contribution < 1.29 is 9.50 Å². The van der Waals surface area contributed by atoms with E-state index in [9.17, 15) is 9.50 Å². The van der Waals surface area contributed by atoms with Gasteiger partial charge in [0.05, 0.1) is 5.69 Å². The topological polar surface area (TPSA) is 35.8 Å². The molecule has 0 unspecified atom stereocenters. The summed E-state index contributed by atoms with van der Waals surface area (Å²) in [7, 11) is 0. The van der Waals surface area contributed by atoms with Gasteiger partial charge in [-0.15, -0.1) is 0 Å². The molecule has 0 radical (unpaired) electrons. The molecule has 1 aliphatic rings. The van der Waals surface area contributed by atoms with Crippen molar-refractivity contribution in [3.05, 3.63) is 89.2 Å². The number of rotatable bonds is 3. The largest absolute Gasteiger partial charge is 0.504 e. The number of hydrogen-bond acceptors (Lipinski definition) is 3. The second-order valence-corrected chi connectivity index (χ2v) is 6.98. The van der Waals surface area contributed by atoms with Gasteiger partial charge in [0.15, 0.2) is 11.6 Å². The van der Waals surface area contributed by atoms with E-state index < -0.39 is 11.6 Å². The van der Waals surface area contributed by atoms with Crippen LogP contribution in [0.2, 0.25) is 0 Å². The fourth-order valence-corrected chi connectivity index (χ4v) is 3.32. The highest BCUT2D eigenvalue weighted by Gasteiger charge is 2.11. The lowest BCUT2D eigenvalue weighted by Crippen LogP contribution is -2.17. The van der Waals surface area contributed by atoms with E-state index in [1.807, 2.05) is 42.5 Å². The molecular formula is C25H21FN2O. The zero-order chi connectivity index (χ0) is 20.1. The summed E-state index contributed by atoms with van der Waals surface area (Å²) in [6, 6.07) is 20.3. The molecule has 3 nitrogen and oxygen atoms in total. The maximum Gasteiger partial charge on any atom is 0.166 e. The standard InChI is InChI=1S/C25H21FN2O/c26-24-17-20(16-21(25(24)29)18-27-22-6-2-1-3-7-22)9-8-19-10-12-23(13-11-19)28-14-4-5-15-28/h1-3,6-7,10-13,16-18,29H,4-5,14-15H2/b27-18+. The first kappa shape index (κ1) is 18.8. The Hall–Kier alpha value is -3.58. The van der Waals surface area contributed by atoms with Crippen LogP contribution in [0, 0.1) is 17.7 Å². The summed E-state index contributed by atoms with van der Waals surface area (Å²) < 4.78 is 14.1. The number of hydrogen-bond donors (Lipinski definition) is 1. The van der Waals surface area contributed by atoms with Crippen LogP contribution in [0.4, 0.5) is 15.8 Å². The van der Waals surface area contributed by atoms with Crippen LogP contribution < -0.4 is 4.90 Å². The minimum Gasteiger partial charge on any atom is -0.504 e. The molecule has 4 heteroatoms. The van der Waals surface area contributed by atoms with E-state index >= 15 is 0 Å². The summed E-state index contributed by atoms with van der Waals surface area (Å²) >= 11 is 0. The van der Waals surface area contributed by atoms with E-state index in [2.05, 4.69) is 33.9 Å². The smallest absolute Gasteiger partial charge is 0.166 e. The first-order chi connectivity index (χ1) is 14.2. The molecule has 3 aromatic rings. The van der Waals surface area contributed by atoms with Crippen molar-refractivity contribution in [2.75, 3.05) is 18.0 Å². The minimum atomic E-state index is -0.712. The summed E-state index contributed by atoms with van der Waals surface area (Å²) in [5.74, 6) is 4.91. The van der Waals surface area contributed by atoms with Gasteiger partial charge in [-0.3, -0.25) is 4.99 Å². The first-order valence-corrected chi connectivity index (χ1v) is 9.68. The van der Waals surface area contributed by atoms with Crippen LogP contribution in [-0.2, 0) is 0 Å². The molecule has 1 heterocycles. The van der Waals surface area contributed by atoms with Crippen LogP contribution in [0.25, 0.3) is 0 Å². The summed E-state index contributed by atoms with van der Waals surface area (Å²) in [5, 5.41) is 10.0. The molecule has 0 spiro atoms. The lowest BCUT2D eigenvalue weighted by atomic mass is 10.1. The van der Waals surface area contributed by atoms with Crippen LogP contribution in [0.15, 0.2) is 71.7 Å². The maximum absolute atomic E-state index is 14.1. The maximum atomic E-state index is 14.1. The lowest BCUT2D eigenvalue weighted by molar-refractivity contribution is 0.431. The average molecular weight is 384 g/mol. The van der Waals surface area contributed by atoms with Gasteiger partial charge in [0.25, 0.3) is 0 Å². The Morgan fingerprint density at radius 2 is 1.59 bits per heavy atom. The van der Waals surface area contributed by atoms with Gasteiger partial charge in [-0.05, 0) is 61.4 Å². The second kappa shape index (κ2) is 8.62. The van der Waals surface area contributed by atoms with Gasteiger partial charge in [-0.1, -0.05) is 30.0 Å². The first-order valence-electron chi connectivity index (χ1n) is 9.68. The van der Waals surface area contributed by atoms with Gasteiger partial charge in [-0.25, -0.2) is 4.39 Å². The predicted octanol–water partition coefficient (Wildman–Crippen LogP) is 5.28. The number of para-hydroxylation sites is 1. The zero-order valence-corrected chi connectivity index (χ0v) is 16.0. The van der Waals surface area contributed by atoms with E-state index in [1.54, 1.807) is 6.07 Å². The van der Waals surface area contributed by atoms with Crippen LogP contribution in [0.3, 0.4) is 0 Å².